The molecule has 8 heteroatoms. The smallest absolute Gasteiger partial charge is 0.253 e. The lowest BCUT2D eigenvalue weighted by Crippen LogP contribution is -2.57. The molecule has 35 heavy (non-hydrogen) atoms. The molecule has 0 saturated carbocycles. The summed E-state index contributed by atoms with van der Waals surface area (Å²) in [4.78, 5) is 46.8. The lowest BCUT2D eigenvalue weighted by atomic mass is 9.95. The Hall–Kier alpha value is -2.87. The van der Waals surface area contributed by atoms with Gasteiger partial charge in [0.15, 0.2) is 0 Å². The number of nitrogens with one attached hydrogen (secondary N) is 1. The molecule has 5 rings (SSSR count). The van der Waals surface area contributed by atoms with Crippen LogP contribution < -0.4 is 15.1 Å². The van der Waals surface area contributed by atoms with Crippen LogP contribution in [0.15, 0.2) is 35.7 Å². The molecule has 2 fully saturated rings. The summed E-state index contributed by atoms with van der Waals surface area (Å²) < 4.78 is 0. The SMILES string of the molecule is CC(C)[C@@H](NC(=O)CN1C(=O)[C@@H]2CCCCN2c2ccc(C(=O)N3CCCC3)cc21)c1cccs1. The number of benzene rings is 1. The van der Waals surface area contributed by atoms with Crippen molar-refractivity contribution in [1.29, 1.82) is 0 Å². The highest BCUT2D eigenvalue weighted by Crippen LogP contribution is 2.40. The van der Waals surface area contributed by atoms with Crippen LogP contribution in [0, 0.1) is 5.92 Å². The number of nitrogens with zero attached hydrogens (tertiary/aromatic N) is 3. The largest absolute Gasteiger partial charge is 0.358 e. The van der Waals surface area contributed by atoms with Crippen LogP contribution in [0.2, 0.25) is 0 Å². The molecule has 4 heterocycles. The summed E-state index contributed by atoms with van der Waals surface area (Å²) in [5, 5.41) is 5.17. The minimum Gasteiger partial charge on any atom is -0.358 e. The summed E-state index contributed by atoms with van der Waals surface area (Å²) >= 11 is 1.62. The van der Waals surface area contributed by atoms with E-state index in [-0.39, 0.29) is 42.3 Å². The number of thiophene rings is 1. The van der Waals surface area contributed by atoms with Gasteiger partial charge in [-0.3, -0.25) is 19.3 Å². The van der Waals surface area contributed by atoms with Crippen molar-refractivity contribution in [2.45, 2.75) is 58.0 Å². The molecule has 0 aliphatic carbocycles. The van der Waals surface area contributed by atoms with E-state index in [1.807, 2.05) is 40.6 Å². The number of hydrogen-bond donors (Lipinski definition) is 1. The number of piperidine rings is 1. The van der Waals surface area contributed by atoms with E-state index in [2.05, 4.69) is 24.1 Å². The van der Waals surface area contributed by atoms with E-state index in [0.29, 0.717) is 11.3 Å². The minimum absolute atomic E-state index is 0.000449. The van der Waals surface area contributed by atoms with Crippen molar-refractivity contribution >= 4 is 40.4 Å². The van der Waals surface area contributed by atoms with Crippen LogP contribution in [0.4, 0.5) is 11.4 Å². The third-order valence-electron chi connectivity index (χ3n) is 7.40. The van der Waals surface area contributed by atoms with Crippen molar-refractivity contribution in [1.82, 2.24) is 10.2 Å². The topological polar surface area (TPSA) is 73.0 Å². The first-order valence-corrected chi connectivity index (χ1v) is 13.7. The van der Waals surface area contributed by atoms with Gasteiger partial charge in [-0.05, 0) is 67.7 Å². The van der Waals surface area contributed by atoms with Gasteiger partial charge in [-0.15, -0.1) is 11.3 Å². The van der Waals surface area contributed by atoms with E-state index in [1.54, 1.807) is 16.2 Å². The molecule has 2 atom stereocenters. The fourth-order valence-corrected chi connectivity index (χ4v) is 6.50. The monoisotopic (exact) mass is 494 g/mol. The molecular formula is C27H34N4O3S. The number of carbonyl (C=O) groups is 3. The van der Waals surface area contributed by atoms with Crippen molar-refractivity contribution < 1.29 is 14.4 Å². The first kappa shape index (κ1) is 23.9. The fraction of sp³-hybridized carbons (Fsp3) is 0.519. The Labute approximate surface area is 211 Å². The zero-order valence-electron chi connectivity index (χ0n) is 20.5. The van der Waals surface area contributed by atoms with Crippen LogP contribution >= 0.6 is 11.3 Å². The van der Waals surface area contributed by atoms with E-state index in [9.17, 15) is 14.4 Å². The number of likely N-dealkylation sites (tertiary alicyclic amines) is 1. The van der Waals surface area contributed by atoms with Gasteiger partial charge >= 0.3 is 0 Å². The normalized spacial score (nSPS) is 20.6. The van der Waals surface area contributed by atoms with Gasteiger partial charge in [0.1, 0.15) is 12.6 Å². The van der Waals surface area contributed by atoms with Gasteiger partial charge < -0.3 is 15.1 Å². The van der Waals surface area contributed by atoms with Gasteiger partial charge in [-0.2, -0.15) is 0 Å². The Morgan fingerprint density at radius 3 is 2.54 bits per heavy atom. The summed E-state index contributed by atoms with van der Waals surface area (Å²) in [7, 11) is 0. The molecule has 0 unspecified atom stereocenters. The lowest BCUT2D eigenvalue weighted by Gasteiger charge is -2.45. The standard InChI is InChI=1S/C27H34N4O3S/c1-18(2)25(23-9-7-15-35-23)28-24(32)17-31-22-16-19(26(33)29-12-5-6-13-29)10-11-20(22)30-14-4-3-8-21(30)27(31)34/h7,9-11,15-16,18,21,25H,3-6,8,12-14,17H2,1-2H3,(H,28,32)/t21-,25+/m0/s1. The first-order valence-electron chi connectivity index (χ1n) is 12.8. The van der Waals surface area contributed by atoms with Gasteiger partial charge in [-0.25, -0.2) is 0 Å². The predicted molar refractivity (Wildman–Crippen MR) is 139 cm³/mol. The fourth-order valence-electron chi connectivity index (χ4n) is 5.55. The molecule has 3 aliphatic rings. The number of hydrogen-bond acceptors (Lipinski definition) is 5. The van der Waals surface area contributed by atoms with E-state index in [4.69, 9.17) is 0 Å². The number of rotatable bonds is 6. The van der Waals surface area contributed by atoms with Crippen molar-refractivity contribution in [3.05, 3.63) is 46.2 Å². The van der Waals surface area contributed by atoms with E-state index in [1.165, 1.54) is 0 Å². The van der Waals surface area contributed by atoms with Crippen LogP contribution in [-0.2, 0) is 9.59 Å². The van der Waals surface area contributed by atoms with Gasteiger partial charge in [-0.1, -0.05) is 19.9 Å². The second-order valence-electron chi connectivity index (χ2n) is 10.1. The molecule has 3 aliphatic heterocycles. The number of carbonyl (C=O) groups excluding carboxylic acids is 3. The quantitative estimate of drug-likeness (QED) is 0.653. The van der Waals surface area contributed by atoms with Gasteiger partial charge in [0.2, 0.25) is 11.8 Å². The van der Waals surface area contributed by atoms with Crippen LogP contribution in [0.25, 0.3) is 0 Å². The molecule has 0 radical (unpaired) electrons. The average molecular weight is 495 g/mol. The Morgan fingerprint density at radius 2 is 1.83 bits per heavy atom. The number of anilines is 2. The van der Waals surface area contributed by atoms with Crippen LogP contribution in [-0.4, -0.2) is 54.8 Å². The first-order chi connectivity index (χ1) is 16.9. The zero-order valence-corrected chi connectivity index (χ0v) is 21.4. The zero-order chi connectivity index (χ0) is 24.5. The molecule has 0 spiro atoms. The molecular weight excluding hydrogens is 460 g/mol. The third-order valence-corrected chi connectivity index (χ3v) is 8.36. The van der Waals surface area contributed by atoms with Crippen molar-refractivity contribution in [3.8, 4) is 0 Å². The Bertz CT molecular complexity index is 1090. The van der Waals surface area contributed by atoms with Crippen LogP contribution in [0.1, 0.15) is 67.2 Å². The molecule has 2 aromatic rings. The van der Waals surface area contributed by atoms with Gasteiger partial charge in [0, 0.05) is 30.1 Å². The molecule has 1 aromatic heterocycles. The Kier molecular flexibility index (Phi) is 6.82. The predicted octanol–water partition coefficient (Wildman–Crippen LogP) is 4.20. The van der Waals surface area contributed by atoms with Crippen molar-refractivity contribution in [3.63, 3.8) is 0 Å². The second kappa shape index (κ2) is 10.0. The summed E-state index contributed by atoms with van der Waals surface area (Å²) in [5.41, 5.74) is 2.20. The number of fused-ring (bicyclic) bond motifs is 3. The van der Waals surface area contributed by atoms with Crippen LogP contribution in [0.5, 0.6) is 0 Å². The van der Waals surface area contributed by atoms with E-state index in [0.717, 1.165) is 62.3 Å². The summed E-state index contributed by atoms with van der Waals surface area (Å²) in [6.07, 6.45) is 4.88. The maximum Gasteiger partial charge on any atom is 0.253 e. The molecule has 1 N–H and O–H groups in total. The maximum absolute atomic E-state index is 13.7. The molecule has 3 amide bonds. The lowest BCUT2D eigenvalue weighted by molar-refractivity contribution is -0.125. The molecule has 186 valence electrons. The molecule has 0 bridgehead atoms. The Balaban J connectivity index is 1.44. The molecule has 7 nitrogen and oxygen atoms in total. The van der Waals surface area contributed by atoms with Gasteiger partial charge in [0.05, 0.1) is 17.4 Å². The highest BCUT2D eigenvalue weighted by molar-refractivity contribution is 7.10. The second-order valence-corrected chi connectivity index (χ2v) is 11.1. The average Bonchev–Trinajstić information content (AvgIpc) is 3.59. The third kappa shape index (κ3) is 4.68. The van der Waals surface area contributed by atoms with Crippen molar-refractivity contribution in [2.24, 2.45) is 5.92 Å². The summed E-state index contributed by atoms with van der Waals surface area (Å²) in [6.45, 7) is 6.48. The summed E-state index contributed by atoms with van der Waals surface area (Å²) in [5.74, 6) is -0.00627. The summed E-state index contributed by atoms with van der Waals surface area (Å²) in [6, 6.07) is 9.35. The van der Waals surface area contributed by atoms with Gasteiger partial charge in [0.25, 0.3) is 5.91 Å². The van der Waals surface area contributed by atoms with Crippen LogP contribution in [0.3, 0.4) is 0 Å². The maximum atomic E-state index is 13.7. The highest BCUT2D eigenvalue weighted by atomic mass is 32.1. The van der Waals surface area contributed by atoms with E-state index < -0.39 is 0 Å². The van der Waals surface area contributed by atoms with Crippen molar-refractivity contribution in [2.75, 3.05) is 36.0 Å². The Morgan fingerprint density at radius 1 is 1.06 bits per heavy atom. The highest BCUT2D eigenvalue weighted by Gasteiger charge is 2.40. The number of amides is 3. The molecule has 2 saturated heterocycles. The van der Waals surface area contributed by atoms with E-state index >= 15 is 0 Å². The molecule has 1 aromatic carbocycles. The minimum atomic E-state index is -0.248.